The number of hydrogen-bond donors (Lipinski definition) is 0. The summed E-state index contributed by atoms with van der Waals surface area (Å²) in [5.74, 6) is 1.74. The summed E-state index contributed by atoms with van der Waals surface area (Å²) in [5, 5.41) is 0. The number of amides is 1. The lowest BCUT2D eigenvalue weighted by molar-refractivity contribution is 0.0707. The van der Waals surface area contributed by atoms with Crippen LogP contribution >= 0.6 is 0 Å². The van der Waals surface area contributed by atoms with E-state index in [1.54, 1.807) is 6.20 Å². The zero-order chi connectivity index (χ0) is 17.8. The van der Waals surface area contributed by atoms with Gasteiger partial charge in [-0.25, -0.2) is 15.0 Å². The van der Waals surface area contributed by atoms with Crippen molar-refractivity contribution < 1.29 is 4.79 Å². The highest BCUT2D eigenvalue weighted by Gasteiger charge is 2.27. The average molecular weight is 339 g/mol. The quantitative estimate of drug-likeness (QED) is 0.856. The maximum Gasteiger partial charge on any atom is 0.257 e. The molecule has 0 bridgehead atoms. The number of aryl methyl sites for hydroxylation is 2. The Morgan fingerprint density at radius 3 is 2.68 bits per heavy atom. The van der Waals surface area contributed by atoms with Gasteiger partial charge < -0.3 is 9.80 Å². The number of carbonyl (C=O) groups is 1. The van der Waals surface area contributed by atoms with E-state index in [9.17, 15) is 4.79 Å². The molecule has 2 aromatic heterocycles. The number of piperidine rings is 1. The lowest BCUT2D eigenvalue weighted by Gasteiger charge is -2.37. The summed E-state index contributed by atoms with van der Waals surface area (Å²) in [5.41, 5.74) is 1.46. The van der Waals surface area contributed by atoms with Crippen molar-refractivity contribution in [1.82, 2.24) is 19.9 Å². The summed E-state index contributed by atoms with van der Waals surface area (Å²) < 4.78 is 0. The fourth-order valence-electron chi connectivity index (χ4n) is 3.34. The molecule has 0 unspecified atom stereocenters. The fourth-order valence-corrected chi connectivity index (χ4v) is 3.34. The lowest BCUT2D eigenvalue weighted by Crippen LogP contribution is -2.46. The minimum Gasteiger partial charge on any atom is -0.356 e. The molecule has 1 aliphatic rings. The van der Waals surface area contributed by atoms with Crippen molar-refractivity contribution in [3.05, 3.63) is 47.7 Å². The van der Waals surface area contributed by atoms with Gasteiger partial charge in [-0.1, -0.05) is 13.0 Å². The molecule has 1 fully saturated rings. The van der Waals surface area contributed by atoms with Crippen LogP contribution in [0.15, 0.2) is 30.6 Å². The van der Waals surface area contributed by atoms with Crippen LogP contribution < -0.4 is 4.90 Å². The van der Waals surface area contributed by atoms with Crippen LogP contribution in [-0.2, 0) is 6.42 Å². The van der Waals surface area contributed by atoms with Gasteiger partial charge >= 0.3 is 0 Å². The standard InChI is InChI=1S/C19H25N5O/c1-4-17-16(13-21-14(2)22-17)19(25)23(3)15-8-11-24(12-9-15)18-7-5-6-10-20-18/h5-7,10,13,15H,4,8-9,11-12H2,1-3H3. The molecule has 0 radical (unpaired) electrons. The highest BCUT2D eigenvalue weighted by Crippen LogP contribution is 2.22. The largest absolute Gasteiger partial charge is 0.356 e. The first-order valence-electron chi connectivity index (χ1n) is 8.85. The SMILES string of the molecule is CCc1nc(C)ncc1C(=O)N(C)C1CCN(c2ccccn2)CC1. The monoisotopic (exact) mass is 339 g/mol. The molecule has 1 saturated heterocycles. The minimum atomic E-state index is 0.0214. The maximum absolute atomic E-state index is 12.9. The number of pyridine rings is 1. The third-order valence-corrected chi connectivity index (χ3v) is 4.86. The van der Waals surface area contributed by atoms with E-state index in [1.807, 2.05) is 50.2 Å². The Morgan fingerprint density at radius 2 is 2.04 bits per heavy atom. The fraction of sp³-hybridized carbons (Fsp3) is 0.474. The van der Waals surface area contributed by atoms with Crippen molar-refractivity contribution in [2.75, 3.05) is 25.0 Å². The van der Waals surface area contributed by atoms with Crippen molar-refractivity contribution in [2.45, 2.75) is 39.2 Å². The summed E-state index contributed by atoms with van der Waals surface area (Å²) in [7, 11) is 1.89. The molecule has 6 heteroatoms. The Balaban J connectivity index is 1.66. The molecule has 0 aromatic carbocycles. The van der Waals surface area contributed by atoms with E-state index in [1.165, 1.54) is 0 Å². The average Bonchev–Trinajstić information content (AvgIpc) is 2.67. The molecule has 0 saturated carbocycles. The van der Waals surface area contributed by atoms with E-state index < -0.39 is 0 Å². The molecule has 0 spiro atoms. The van der Waals surface area contributed by atoms with E-state index in [-0.39, 0.29) is 11.9 Å². The molecule has 3 rings (SSSR count). The molecular weight excluding hydrogens is 314 g/mol. The van der Waals surface area contributed by atoms with Gasteiger partial charge in [0.05, 0.1) is 11.3 Å². The van der Waals surface area contributed by atoms with Crippen LogP contribution in [0.5, 0.6) is 0 Å². The molecule has 3 heterocycles. The van der Waals surface area contributed by atoms with Crippen LogP contribution in [0.2, 0.25) is 0 Å². The zero-order valence-corrected chi connectivity index (χ0v) is 15.1. The summed E-state index contributed by atoms with van der Waals surface area (Å²) in [6.45, 7) is 5.68. The summed E-state index contributed by atoms with van der Waals surface area (Å²) in [6.07, 6.45) is 6.10. The highest BCUT2D eigenvalue weighted by molar-refractivity contribution is 5.95. The normalized spacial score (nSPS) is 15.2. The van der Waals surface area contributed by atoms with E-state index >= 15 is 0 Å². The van der Waals surface area contributed by atoms with Crippen molar-refractivity contribution in [1.29, 1.82) is 0 Å². The molecular formula is C19H25N5O. The van der Waals surface area contributed by atoms with Gasteiger partial charge in [-0.15, -0.1) is 0 Å². The number of anilines is 1. The Hall–Kier alpha value is -2.50. The van der Waals surface area contributed by atoms with Crippen molar-refractivity contribution in [2.24, 2.45) is 0 Å². The van der Waals surface area contributed by atoms with Gasteiger partial charge in [0.15, 0.2) is 0 Å². The summed E-state index contributed by atoms with van der Waals surface area (Å²) in [6, 6.07) is 6.20. The Labute approximate surface area is 148 Å². The van der Waals surface area contributed by atoms with Crippen molar-refractivity contribution in [3.8, 4) is 0 Å². The van der Waals surface area contributed by atoms with Crippen LogP contribution in [0.25, 0.3) is 0 Å². The molecule has 132 valence electrons. The second-order valence-corrected chi connectivity index (χ2v) is 6.45. The minimum absolute atomic E-state index is 0.0214. The van der Waals surface area contributed by atoms with Gasteiger partial charge in [0, 0.05) is 38.6 Å². The van der Waals surface area contributed by atoms with E-state index in [0.29, 0.717) is 11.4 Å². The predicted molar refractivity (Wildman–Crippen MR) is 97.7 cm³/mol. The van der Waals surface area contributed by atoms with Gasteiger partial charge in [-0.3, -0.25) is 4.79 Å². The van der Waals surface area contributed by atoms with Gasteiger partial charge in [0.2, 0.25) is 0 Å². The van der Waals surface area contributed by atoms with Gasteiger partial charge in [0.1, 0.15) is 11.6 Å². The second kappa shape index (κ2) is 7.59. The van der Waals surface area contributed by atoms with Crippen LogP contribution in [0.1, 0.15) is 41.6 Å². The van der Waals surface area contributed by atoms with Crippen LogP contribution in [0, 0.1) is 6.92 Å². The molecule has 1 amide bonds. The predicted octanol–water partition coefficient (Wildman–Crippen LogP) is 2.48. The summed E-state index contributed by atoms with van der Waals surface area (Å²) >= 11 is 0. The highest BCUT2D eigenvalue weighted by atomic mass is 16.2. The van der Waals surface area contributed by atoms with Crippen LogP contribution in [0.4, 0.5) is 5.82 Å². The van der Waals surface area contributed by atoms with Crippen molar-refractivity contribution >= 4 is 11.7 Å². The first-order valence-corrected chi connectivity index (χ1v) is 8.85. The smallest absolute Gasteiger partial charge is 0.257 e. The topological polar surface area (TPSA) is 62.2 Å². The zero-order valence-electron chi connectivity index (χ0n) is 15.1. The Bertz CT molecular complexity index is 726. The number of aromatic nitrogens is 3. The van der Waals surface area contributed by atoms with E-state index in [4.69, 9.17) is 0 Å². The number of nitrogens with zero attached hydrogens (tertiary/aromatic N) is 5. The van der Waals surface area contributed by atoms with Gasteiger partial charge in [0.25, 0.3) is 5.91 Å². The third kappa shape index (κ3) is 3.78. The third-order valence-electron chi connectivity index (χ3n) is 4.86. The molecule has 0 aliphatic carbocycles. The maximum atomic E-state index is 12.9. The molecule has 0 N–H and O–H groups in total. The Kier molecular flexibility index (Phi) is 5.26. The number of carbonyl (C=O) groups excluding carboxylic acids is 1. The lowest BCUT2D eigenvalue weighted by atomic mass is 10.0. The first kappa shape index (κ1) is 17.3. The molecule has 25 heavy (non-hydrogen) atoms. The van der Waals surface area contributed by atoms with Gasteiger partial charge in [-0.05, 0) is 38.3 Å². The Morgan fingerprint density at radius 1 is 1.28 bits per heavy atom. The molecule has 6 nitrogen and oxygen atoms in total. The molecule has 2 aromatic rings. The van der Waals surface area contributed by atoms with Gasteiger partial charge in [-0.2, -0.15) is 0 Å². The number of rotatable bonds is 4. The number of hydrogen-bond acceptors (Lipinski definition) is 5. The second-order valence-electron chi connectivity index (χ2n) is 6.45. The first-order chi connectivity index (χ1) is 12.1. The molecule has 0 atom stereocenters. The van der Waals surface area contributed by atoms with Crippen molar-refractivity contribution in [3.63, 3.8) is 0 Å². The van der Waals surface area contributed by atoms with Crippen LogP contribution in [0.3, 0.4) is 0 Å². The van der Waals surface area contributed by atoms with E-state index in [0.717, 1.165) is 43.9 Å². The molecule has 1 aliphatic heterocycles. The summed E-state index contributed by atoms with van der Waals surface area (Å²) in [4.78, 5) is 30.1. The van der Waals surface area contributed by atoms with Crippen LogP contribution in [-0.4, -0.2) is 51.9 Å². The van der Waals surface area contributed by atoms with E-state index in [2.05, 4.69) is 19.9 Å².